The van der Waals surface area contributed by atoms with E-state index in [1.807, 2.05) is 39.5 Å². The minimum absolute atomic E-state index is 0.434. The van der Waals surface area contributed by atoms with Crippen molar-refractivity contribution in [3.8, 4) is 0 Å². The number of aryl methyl sites for hydroxylation is 2. The molecular formula is C37H46N2S. The summed E-state index contributed by atoms with van der Waals surface area (Å²) < 4.78 is 0. The van der Waals surface area contributed by atoms with Gasteiger partial charge < -0.3 is 9.80 Å². The summed E-state index contributed by atoms with van der Waals surface area (Å²) >= 11 is 1.92. The van der Waals surface area contributed by atoms with Crippen molar-refractivity contribution in [2.24, 2.45) is 0 Å². The van der Waals surface area contributed by atoms with E-state index >= 15 is 0 Å². The fourth-order valence-electron chi connectivity index (χ4n) is 5.64. The highest BCUT2D eigenvalue weighted by Gasteiger charge is 2.31. The molecule has 3 aliphatic rings. The molecule has 0 N–H and O–H groups in total. The highest BCUT2D eigenvalue weighted by molar-refractivity contribution is 8.03. The molecule has 0 spiro atoms. The Labute approximate surface area is 247 Å². The molecule has 3 aromatic rings. The molecule has 1 unspecified atom stereocenters. The van der Waals surface area contributed by atoms with Gasteiger partial charge in [-0.25, -0.2) is 0 Å². The predicted octanol–water partition coefficient (Wildman–Crippen LogP) is 9.80. The van der Waals surface area contributed by atoms with E-state index in [4.69, 9.17) is 0 Å². The monoisotopic (exact) mass is 550 g/mol. The van der Waals surface area contributed by atoms with Crippen LogP contribution >= 0.6 is 11.8 Å². The smallest absolute Gasteiger partial charge is 0.0553 e. The van der Waals surface area contributed by atoms with E-state index in [9.17, 15) is 0 Å². The van der Waals surface area contributed by atoms with Gasteiger partial charge in [-0.2, -0.15) is 0 Å². The summed E-state index contributed by atoms with van der Waals surface area (Å²) in [6.45, 7) is 15.7. The summed E-state index contributed by atoms with van der Waals surface area (Å²) in [5.41, 5.74) is 13.9. The van der Waals surface area contributed by atoms with Crippen molar-refractivity contribution < 1.29 is 0 Å². The molecule has 6 rings (SSSR count). The number of para-hydroxylation sites is 1. The molecule has 1 aliphatic heterocycles. The minimum atomic E-state index is 0.434. The Morgan fingerprint density at radius 1 is 0.850 bits per heavy atom. The number of thioether (sulfide) groups is 1. The van der Waals surface area contributed by atoms with Crippen molar-refractivity contribution in [3.05, 3.63) is 122 Å². The number of allylic oxidation sites excluding steroid dienone is 3. The Morgan fingerprint density at radius 2 is 1.45 bits per heavy atom. The zero-order valence-electron chi connectivity index (χ0n) is 25.9. The van der Waals surface area contributed by atoms with E-state index in [0.29, 0.717) is 6.04 Å². The predicted molar refractivity (Wildman–Crippen MR) is 177 cm³/mol. The third-order valence-corrected chi connectivity index (χ3v) is 8.99. The van der Waals surface area contributed by atoms with E-state index in [1.165, 1.54) is 65.7 Å². The molecule has 0 bridgehead atoms. The molecule has 0 saturated carbocycles. The lowest BCUT2D eigenvalue weighted by Crippen LogP contribution is -2.40. The molecule has 3 heteroatoms. The summed E-state index contributed by atoms with van der Waals surface area (Å²) in [7, 11) is 4.35. The van der Waals surface area contributed by atoms with Crippen LogP contribution in [0.15, 0.2) is 93.9 Å². The van der Waals surface area contributed by atoms with Crippen molar-refractivity contribution >= 4 is 23.0 Å². The van der Waals surface area contributed by atoms with Gasteiger partial charge >= 0.3 is 0 Å². The molecular weight excluding hydrogens is 504 g/mol. The third-order valence-electron chi connectivity index (χ3n) is 7.83. The highest BCUT2D eigenvalue weighted by atomic mass is 32.2. The van der Waals surface area contributed by atoms with Gasteiger partial charge in [-0.1, -0.05) is 105 Å². The SMILES string of the molecule is CC.CC.Cc1ccc2c(c1)Cc1cc(C)ccc1C2=C1C=C2C(=CC1)Sc1ccccc1N2CC(C)N(C)C. The van der Waals surface area contributed by atoms with Crippen molar-refractivity contribution in [1.29, 1.82) is 0 Å². The second kappa shape index (κ2) is 13.1. The number of benzene rings is 3. The topological polar surface area (TPSA) is 6.48 Å². The molecule has 1 heterocycles. The van der Waals surface area contributed by atoms with Gasteiger partial charge in [0.05, 0.1) is 11.4 Å². The number of rotatable bonds is 3. The number of fused-ring (bicyclic) bond motifs is 4. The lowest BCUT2D eigenvalue weighted by atomic mass is 9.78. The fraction of sp³-hybridized carbons (Fsp3) is 0.351. The average Bonchev–Trinajstić information content (AvgIpc) is 2.97. The number of likely N-dealkylation sites (N-methyl/N-ethyl adjacent to an activating group) is 1. The highest BCUT2D eigenvalue weighted by Crippen LogP contribution is 2.50. The zero-order valence-corrected chi connectivity index (χ0v) is 26.7. The summed E-state index contributed by atoms with van der Waals surface area (Å²) in [6.07, 6.45) is 6.93. The average molecular weight is 551 g/mol. The van der Waals surface area contributed by atoms with Crippen molar-refractivity contribution in [2.45, 2.75) is 72.2 Å². The van der Waals surface area contributed by atoms with Crippen LogP contribution in [0.3, 0.4) is 0 Å². The minimum Gasteiger partial charge on any atom is -0.338 e. The maximum atomic E-state index is 2.55. The van der Waals surface area contributed by atoms with Crippen molar-refractivity contribution in [1.82, 2.24) is 4.90 Å². The maximum absolute atomic E-state index is 2.55. The van der Waals surface area contributed by atoms with Crippen LogP contribution in [0.4, 0.5) is 5.69 Å². The molecule has 0 radical (unpaired) electrons. The molecule has 0 fully saturated rings. The van der Waals surface area contributed by atoms with Crippen LogP contribution < -0.4 is 4.90 Å². The van der Waals surface area contributed by atoms with E-state index < -0.39 is 0 Å². The Hall–Kier alpha value is -3.01. The first-order valence-corrected chi connectivity index (χ1v) is 15.8. The quantitative estimate of drug-likeness (QED) is 0.251. The zero-order chi connectivity index (χ0) is 29.0. The van der Waals surface area contributed by atoms with E-state index in [1.54, 1.807) is 0 Å². The van der Waals surface area contributed by atoms with Crippen LogP contribution in [0, 0.1) is 13.8 Å². The lowest BCUT2D eigenvalue weighted by molar-refractivity contribution is 0.318. The normalized spacial score (nSPS) is 15.7. The van der Waals surface area contributed by atoms with Crippen LogP contribution in [-0.2, 0) is 6.42 Å². The standard InChI is InChI=1S/C33H34N2S.2C2H6/c1-21-10-13-27-25(16-21)18-26-17-22(2)11-14-28(26)33(27)24-12-15-32-30(19-24)35(20-23(3)34(4)5)29-8-6-7-9-31(29)36-32;2*1-2/h6-11,13-17,19,23H,12,18,20H2,1-5H3;2*1-2H3. The van der Waals surface area contributed by atoms with Crippen LogP contribution in [0.1, 0.15) is 74.4 Å². The maximum Gasteiger partial charge on any atom is 0.0553 e. The van der Waals surface area contributed by atoms with Crippen LogP contribution in [0.25, 0.3) is 5.57 Å². The molecule has 1 atom stereocenters. The summed E-state index contributed by atoms with van der Waals surface area (Å²) in [6, 6.07) is 23.3. The number of hydrogen-bond donors (Lipinski definition) is 0. The van der Waals surface area contributed by atoms with Gasteiger partial charge in [-0.3, -0.25) is 0 Å². The molecule has 0 amide bonds. The first kappa shape index (κ1) is 30.0. The second-order valence-corrected chi connectivity index (χ2v) is 11.8. The Morgan fingerprint density at radius 3 is 2.05 bits per heavy atom. The number of anilines is 1. The molecule has 2 aliphatic carbocycles. The van der Waals surface area contributed by atoms with Gasteiger partial charge in [-0.15, -0.1) is 0 Å². The Balaban J connectivity index is 0.000000886. The van der Waals surface area contributed by atoms with E-state index in [2.05, 4.69) is 117 Å². The first-order chi connectivity index (χ1) is 19.4. The van der Waals surface area contributed by atoms with Gasteiger partial charge in [0.1, 0.15) is 0 Å². The third kappa shape index (κ3) is 5.87. The largest absolute Gasteiger partial charge is 0.338 e. The molecule has 3 aromatic carbocycles. The Kier molecular flexibility index (Phi) is 9.81. The molecule has 0 saturated heterocycles. The van der Waals surface area contributed by atoms with Crippen molar-refractivity contribution in [2.75, 3.05) is 25.5 Å². The second-order valence-electron chi connectivity index (χ2n) is 10.7. The van der Waals surface area contributed by atoms with Gasteiger partial charge in [-0.05, 0) is 99.3 Å². The van der Waals surface area contributed by atoms with Gasteiger partial charge in [0.15, 0.2) is 0 Å². The number of hydrogen-bond acceptors (Lipinski definition) is 3. The van der Waals surface area contributed by atoms with Crippen LogP contribution in [0.5, 0.6) is 0 Å². The van der Waals surface area contributed by atoms with Crippen molar-refractivity contribution in [3.63, 3.8) is 0 Å². The summed E-state index contributed by atoms with van der Waals surface area (Å²) in [5, 5.41) is 0. The Bertz CT molecular complexity index is 1400. The van der Waals surface area contributed by atoms with Gasteiger partial charge in [0.2, 0.25) is 0 Å². The van der Waals surface area contributed by atoms with E-state index in [-0.39, 0.29) is 0 Å². The number of nitrogens with zero attached hydrogens (tertiary/aromatic N) is 2. The molecule has 210 valence electrons. The lowest BCUT2D eigenvalue weighted by Gasteiger charge is -2.39. The van der Waals surface area contributed by atoms with Gasteiger partial charge in [0.25, 0.3) is 0 Å². The fourth-order valence-corrected chi connectivity index (χ4v) is 6.75. The molecule has 2 nitrogen and oxygen atoms in total. The molecule has 0 aromatic heterocycles. The van der Waals surface area contributed by atoms with E-state index in [0.717, 1.165) is 19.4 Å². The van der Waals surface area contributed by atoms with Crippen LogP contribution in [0.2, 0.25) is 0 Å². The first-order valence-electron chi connectivity index (χ1n) is 14.9. The molecule has 40 heavy (non-hydrogen) atoms. The van der Waals surface area contributed by atoms with Gasteiger partial charge in [0, 0.05) is 22.4 Å². The summed E-state index contributed by atoms with van der Waals surface area (Å²) in [4.78, 5) is 7.60. The van der Waals surface area contributed by atoms with Crippen LogP contribution in [-0.4, -0.2) is 31.6 Å². The summed E-state index contributed by atoms with van der Waals surface area (Å²) in [5.74, 6) is 0.